The molecule has 0 unspecified atom stereocenters. The van der Waals surface area contributed by atoms with E-state index in [-0.39, 0.29) is 11.1 Å². The van der Waals surface area contributed by atoms with Crippen molar-refractivity contribution >= 4 is 0 Å². The summed E-state index contributed by atoms with van der Waals surface area (Å²) in [6.07, 6.45) is 0. The molecule has 0 aliphatic carbocycles. The summed E-state index contributed by atoms with van der Waals surface area (Å²) >= 11 is 0. The lowest BCUT2D eigenvalue weighted by molar-refractivity contribution is 0.755. The van der Waals surface area contributed by atoms with Gasteiger partial charge in [-0.3, -0.25) is 4.79 Å². The molecule has 0 bridgehead atoms. The van der Waals surface area contributed by atoms with E-state index in [9.17, 15) is 4.79 Å². The number of pyridine rings is 1. The molecule has 1 aromatic heterocycles. The van der Waals surface area contributed by atoms with E-state index in [1.807, 2.05) is 43.3 Å². The third kappa shape index (κ3) is 2.63. The van der Waals surface area contributed by atoms with Gasteiger partial charge in [0.25, 0.3) is 5.56 Å². The number of hydrogen-bond acceptors (Lipinski definition) is 2. The normalized spacial score (nSPS) is 9.89. The molecule has 0 amide bonds. The first kappa shape index (κ1) is 12.8. The number of benzene rings is 1. The predicted octanol–water partition coefficient (Wildman–Crippen LogP) is 2.96. The van der Waals surface area contributed by atoms with Crippen LogP contribution in [0.5, 0.6) is 0 Å². The van der Waals surface area contributed by atoms with Gasteiger partial charge in [0.05, 0.1) is 5.69 Å². The fourth-order valence-corrected chi connectivity index (χ4v) is 1.95. The van der Waals surface area contributed by atoms with Gasteiger partial charge < -0.3 is 4.57 Å². The van der Waals surface area contributed by atoms with Crippen LogP contribution in [0.2, 0.25) is 0 Å². The highest BCUT2D eigenvalue weighted by Gasteiger charge is 2.10. The quantitative estimate of drug-likeness (QED) is 0.786. The van der Waals surface area contributed by atoms with Gasteiger partial charge in [-0.25, -0.2) is 0 Å². The molecule has 1 heterocycles. The summed E-state index contributed by atoms with van der Waals surface area (Å²) in [5.74, 6) is 0. The number of allylic oxidation sites excluding steroid dienone is 1. The second-order valence-electron chi connectivity index (χ2n) is 4.46. The number of rotatable bonds is 3. The van der Waals surface area contributed by atoms with Crippen LogP contribution in [0.1, 0.15) is 12.5 Å². The second-order valence-corrected chi connectivity index (χ2v) is 4.46. The smallest absolute Gasteiger partial charge is 0.269 e. The summed E-state index contributed by atoms with van der Waals surface area (Å²) in [6.45, 7) is 6.12. The van der Waals surface area contributed by atoms with Gasteiger partial charge in [0.2, 0.25) is 0 Å². The van der Waals surface area contributed by atoms with Crippen molar-refractivity contribution in [1.29, 1.82) is 5.26 Å². The number of nitrogens with zero attached hydrogens (tertiary/aromatic N) is 2. The largest absolute Gasteiger partial charge is 0.303 e. The Morgan fingerprint density at radius 1 is 1.26 bits per heavy atom. The van der Waals surface area contributed by atoms with Crippen molar-refractivity contribution in [3.63, 3.8) is 0 Å². The molecule has 2 rings (SSSR count). The SMILES string of the molecule is C=C(C)Cn1c(-c2ccccc2)ccc(C#N)c1=O. The van der Waals surface area contributed by atoms with Crippen LogP contribution in [0.4, 0.5) is 0 Å². The molecule has 0 fully saturated rings. The molecule has 3 heteroatoms. The Balaban J connectivity index is 2.68. The van der Waals surface area contributed by atoms with Gasteiger partial charge in [-0.2, -0.15) is 5.26 Å². The highest BCUT2D eigenvalue weighted by molar-refractivity contribution is 5.60. The fourth-order valence-electron chi connectivity index (χ4n) is 1.95. The summed E-state index contributed by atoms with van der Waals surface area (Å²) in [6, 6.07) is 14.9. The number of hydrogen-bond donors (Lipinski definition) is 0. The summed E-state index contributed by atoms with van der Waals surface area (Å²) in [5.41, 5.74) is 2.50. The van der Waals surface area contributed by atoms with Crippen LogP contribution in [0.15, 0.2) is 59.4 Å². The van der Waals surface area contributed by atoms with E-state index < -0.39 is 0 Å². The second kappa shape index (κ2) is 5.36. The summed E-state index contributed by atoms with van der Waals surface area (Å²) in [4.78, 5) is 12.2. The average molecular weight is 250 g/mol. The molecule has 19 heavy (non-hydrogen) atoms. The molecular formula is C16H14N2O. The standard InChI is InChI=1S/C16H14N2O/c1-12(2)11-18-15(13-6-4-3-5-7-13)9-8-14(10-17)16(18)19/h3-9H,1,11H2,2H3. The highest BCUT2D eigenvalue weighted by atomic mass is 16.1. The summed E-state index contributed by atoms with van der Waals surface area (Å²) in [5, 5.41) is 8.95. The van der Waals surface area contributed by atoms with Crippen molar-refractivity contribution in [1.82, 2.24) is 4.57 Å². The van der Waals surface area contributed by atoms with Crippen LogP contribution in [0, 0.1) is 11.3 Å². The van der Waals surface area contributed by atoms with Gasteiger partial charge in [0.15, 0.2) is 0 Å². The molecule has 0 aliphatic heterocycles. The Hall–Kier alpha value is -2.60. The van der Waals surface area contributed by atoms with Crippen molar-refractivity contribution < 1.29 is 0 Å². The minimum atomic E-state index is -0.271. The predicted molar refractivity (Wildman–Crippen MR) is 75.7 cm³/mol. The van der Waals surface area contributed by atoms with Crippen molar-refractivity contribution in [3.05, 3.63) is 70.5 Å². The van der Waals surface area contributed by atoms with Gasteiger partial charge >= 0.3 is 0 Å². The van der Waals surface area contributed by atoms with E-state index in [1.165, 1.54) is 0 Å². The molecule has 1 aromatic carbocycles. The molecule has 2 aromatic rings. The van der Waals surface area contributed by atoms with Crippen LogP contribution in [-0.2, 0) is 6.54 Å². The Labute approximate surface area is 112 Å². The average Bonchev–Trinajstić information content (AvgIpc) is 2.41. The maximum absolute atomic E-state index is 12.2. The van der Waals surface area contributed by atoms with E-state index in [4.69, 9.17) is 5.26 Å². The minimum Gasteiger partial charge on any atom is -0.303 e. The van der Waals surface area contributed by atoms with Gasteiger partial charge in [-0.1, -0.05) is 42.5 Å². The zero-order valence-corrected chi connectivity index (χ0v) is 10.8. The summed E-state index contributed by atoms with van der Waals surface area (Å²) < 4.78 is 1.59. The monoisotopic (exact) mass is 250 g/mol. The van der Waals surface area contributed by atoms with Crippen molar-refractivity contribution in [3.8, 4) is 17.3 Å². The van der Waals surface area contributed by atoms with E-state index in [0.717, 1.165) is 16.8 Å². The van der Waals surface area contributed by atoms with Crippen LogP contribution in [-0.4, -0.2) is 4.57 Å². The van der Waals surface area contributed by atoms with Gasteiger partial charge in [-0.15, -0.1) is 0 Å². The Morgan fingerprint density at radius 2 is 1.95 bits per heavy atom. The third-order valence-corrected chi connectivity index (χ3v) is 2.79. The van der Waals surface area contributed by atoms with Crippen molar-refractivity contribution in [2.24, 2.45) is 0 Å². The Bertz CT molecular complexity index is 706. The van der Waals surface area contributed by atoms with Gasteiger partial charge in [0.1, 0.15) is 11.6 Å². The lowest BCUT2D eigenvalue weighted by Crippen LogP contribution is -2.24. The molecule has 0 spiro atoms. The molecule has 0 atom stereocenters. The molecule has 0 radical (unpaired) electrons. The van der Waals surface area contributed by atoms with Crippen molar-refractivity contribution in [2.75, 3.05) is 0 Å². The number of nitriles is 1. The van der Waals surface area contributed by atoms with E-state index in [2.05, 4.69) is 6.58 Å². The molecule has 94 valence electrons. The lowest BCUT2D eigenvalue weighted by Gasteiger charge is -2.13. The fraction of sp³-hybridized carbons (Fsp3) is 0.125. The van der Waals surface area contributed by atoms with Crippen LogP contribution in [0.3, 0.4) is 0 Å². The zero-order chi connectivity index (χ0) is 13.8. The molecule has 0 N–H and O–H groups in total. The number of aromatic nitrogens is 1. The molecular weight excluding hydrogens is 236 g/mol. The van der Waals surface area contributed by atoms with Gasteiger partial charge in [-0.05, 0) is 24.6 Å². The first-order chi connectivity index (χ1) is 9.13. The third-order valence-electron chi connectivity index (χ3n) is 2.79. The highest BCUT2D eigenvalue weighted by Crippen LogP contribution is 2.18. The molecule has 0 saturated heterocycles. The zero-order valence-electron chi connectivity index (χ0n) is 10.8. The first-order valence-corrected chi connectivity index (χ1v) is 5.97. The Morgan fingerprint density at radius 3 is 2.53 bits per heavy atom. The lowest BCUT2D eigenvalue weighted by atomic mass is 10.1. The molecule has 3 nitrogen and oxygen atoms in total. The van der Waals surface area contributed by atoms with Crippen molar-refractivity contribution in [2.45, 2.75) is 13.5 Å². The van der Waals surface area contributed by atoms with Crippen LogP contribution < -0.4 is 5.56 Å². The van der Waals surface area contributed by atoms with Gasteiger partial charge in [0, 0.05) is 6.54 Å². The molecule has 0 aliphatic rings. The minimum absolute atomic E-state index is 0.154. The van der Waals surface area contributed by atoms with Crippen LogP contribution >= 0.6 is 0 Å². The van der Waals surface area contributed by atoms with E-state index >= 15 is 0 Å². The van der Waals surface area contributed by atoms with E-state index in [0.29, 0.717) is 6.54 Å². The summed E-state index contributed by atoms with van der Waals surface area (Å²) in [7, 11) is 0. The Kier molecular flexibility index (Phi) is 3.63. The first-order valence-electron chi connectivity index (χ1n) is 5.97. The molecule has 0 saturated carbocycles. The maximum atomic E-state index is 12.2. The van der Waals surface area contributed by atoms with Crippen LogP contribution in [0.25, 0.3) is 11.3 Å². The maximum Gasteiger partial charge on any atom is 0.269 e. The topological polar surface area (TPSA) is 45.8 Å². The van der Waals surface area contributed by atoms with E-state index in [1.54, 1.807) is 16.7 Å².